The monoisotopic (exact) mass is 181 g/mol. The number of carbonyl (C=O) groups is 1. The first kappa shape index (κ1) is 9.70. The molecule has 4 nitrogen and oxygen atoms in total. The van der Waals surface area contributed by atoms with Gasteiger partial charge in [-0.15, -0.1) is 0 Å². The molecule has 0 saturated carbocycles. The molecule has 0 heterocycles. The summed E-state index contributed by atoms with van der Waals surface area (Å²) < 4.78 is 0. The molecule has 0 saturated heterocycles. The molecular weight excluding hydrogens is 170 g/mol. The highest BCUT2D eigenvalue weighted by Crippen LogP contribution is 2.14. The Bertz CT molecular complexity index is 299. The van der Waals surface area contributed by atoms with Crippen LogP contribution in [-0.2, 0) is 11.4 Å². The SMILES string of the molecule is CONCc1ccc(O)cc1C=O. The fourth-order valence-electron chi connectivity index (χ4n) is 1.00. The summed E-state index contributed by atoms with van der Waals surface area (Å²) in [5.41, 5.74) is 3.87. The molecule has 0 radical (unpaired) electrons. The van der Waals surface area contributed by atoms with E-state index in [1.165, 1.54) is 19.2 Å². The number of hydrogen-bond donors (Lipinski definition) is 2. The number of rotatable bonds is 4. The van der Waals surface area contributed by atoms with E-state index in [1.54, 1.807) is 6.07 Å². The van der Waals surface area contributed by atoms with Gasteiger partial charge < -0.3 is 9.94 Å². The molecular formula is C9H11NO3. The van der Waals surface area contributed by atoms with Gasteiger partial charge in [-0.05, 0) is 17.7 Å². The number of nitrogens with one attached hydrogen (secondary N) is 1. The summed E-state index contributed by atoms with van der Waals surface area (Å²) in [5.74, 6) is 0.0864. The van der Waals surface area contributed by atoms with Crippen LogP contribution in [-0.4, -0.2) is 18.5 Å². The first-order valence-electron chi connectivity index (χ1n) is 3.81. The molecule has 1 aromatic carbocycles. The van der Waals surface area contributed by atoms with Gasteiger partial charge in [-0.3, -0.25) is 4.79 Å². The van der Waals surface area contributed by atoms with Gasteiger partial charge in [0.25, 0.3) is 0 Å². The van der Waals surface area contributed by atoms with Crippen LogP contribution in [0.3, 0.4) is 0 Å². The molecule has 13 heavy (non-hydrogen) atoms. The van der Waals surface area contributed by atoms with Crippen molar-refractivity contribution in [3.05, 3.63) is 29.3 Å². The summed E-state index contributed by atoms with van der Waals surface area (Å²) in [6, 6.07) is 4.62. The first-order valence-corrected chi connectivity index (χ1v) is 3.81. The minimum absolute atomic E-state index is 0.0864. The third kappa shape index (κ3) is 2.54. The van der Waals surface area contributed by atoms with Crippen LogP contribution < -0.4 is 5.48 Å². The van der Waals surface area contributed by atoms with Gasteiger partial charge in [0.15, 0.2) is 6.29 Å². The molecule has 0 aliphatic carbocycles. The molecule has 0 spiro atoms. The standard InChI is InChI=1S/C9H11NO3/c1-13-10-5-7-2-3-9(12)4-8(7)6-11/h2-4,6,10,12H,5H2,1H3. The molecule has 1 rings (SSSR count). The fraction of sp³-hybridized carbons (Fsp3) is 0.222. The number of carbonyl (C=O) groups excluding carboxylic acids is 1. The third-order valence-electron chi connectivity index (χ3n) is 1.66. The molecule has 2 N–H and O–H groups in total. The van der Waals surface area contributed by atoms with Gasteiger partial charge in [0, 0.05) is 12.1 Å². The van der Waals surface area contributed by atoms with Crippen molar-refractivity contribution in [2.45, 2.75) is 6.54 Å². The van der Waals surface area contributed by atoms with Crippen LogP contribution in [0, 0.1) is 0 Å². The van der Waals surface area contributed by atoms with Crippen LogP contribution in [0.2, 0.25) is 0 Å². The number of benzene rings is 1. The van der Waals surface area contributed by atoms with E-state index < -0.39 is 0 Å². The van der Waals surface area contributed by atoms with Crippen molar-refractivity contribution in [1.82, 2.24) is 5.48 Å². The predicted molar refractivity (Wildman–Crippen MR) is 47.3 cm³/mol. The summed E-state index contributed by atoms with van der Waals surface area (Å²) in [7, 11) is 1.50. The zero-order valence-electron chi connectivity index (χ0n) is 7.28. The van der Waals surface area contributed by atoms with Crippen molar-refractivity contribution in [3.8, 4) is 5.75 Å². The Kier molecular flexibility index (Phi) is 3.42. The van der Waals surface area contributed by atoms with Gasteiger partial charge in [-0.25, -0.2) is 0 Å². The van der Waals surface area contributed by atoms with Crippen molar-refractivity contribution in [2.24, 2.45) is 0 Å². The van der Waals surface area contributed by atoms with E-state index in [0.29, 0.717) is 18.4 Å². The maximum Gasteiger partial charge on any atom is 0.150 e. The molecule has 0 amide bonds. The maximum atomic E-state index is 10.6. The normalized spacial score (nSPS) is 9.92. The van der Waals surface area contributed by atoms with Crippen LogP contribution in [0.15, 0.2) is 18.2 Å². The second kappa shape index (κ2) is 4.59. The van der Waals surface area contributed by atoms with Gasteiger partial charge in [0.05, 0.1) is 7.11 Å². The maximum absolute atomic E-state index is 10.6. The van der Waals surface area contributed by atoms with Crippen LogP contribution in [0.1, 0.15) is 15.9 Å². The Morgan fingerprint density at radius 1 is 1.62 bits per heavy atom. The number of hydrogen-bond acceptors (Lipinski definition) is 4. The van der Waals surface area contributed by atoms with Crippen LogP contribution >= 0.6 is 0 Å². The summed E-state index contributed by atoms with van der Waals surface area (Å²) in [6.45, 7) is 0.435. The minimum Gasteiger partial charge on any atom is -0.508 e. The van der Waals surface area contributed by atoms with Gasteiger partial charge in [0.2, 0.25) is 0 Å². The van der Waals surface area contributed by atoms with E-state index in [-0.39, 0.29) is 5.75 Å². The minimum atomic E-state index is 0.0864. The lowest BCUT2D eigenvalue weighted by Gasteiger charge is -2.05. The van der Waals surface area contributed by atoms with E-state index in [4.69, 9.17) is 5.11 Å². The lowest BCUT2D eigenvalue weighted by molar-refractivity contribution is 0.0863. The summed E-state index contributed by atoms with van der Waals surface area (Å²) in [5, 5.41) is 9.08. The Morgan fingerprint density at radius 2 is 2.38 bits per heavy atom. The van der Waals surface area contributed by atoms with Gasteiger partial charge >= 0.3 is 0 Å². The summed E-state index contributed by atoms with van der Waals surface area (Å²) in [4.78, 5) is 15.2. The molecule has 0 fully saturated rings. The van der Waals surface area contributed by atoms with Gasteiger partial charge in [-0.2, -0.15) is 5.48 Å². The average molecular weight is 181 g/mol. The molecule has 0 aliphatic heterocycles. The van der Waals surface area contributed by atoms with Crippen molar-refractivity contribution >= 4 is 6.29 Å². The highest BCUT2D eigenvalue weighted by Gasteiger charge is 2.01. The third-order valence-corrected chi connectivity index (χ3v) is 1.66. The number of aromatic hydroxyl groups is 1. The van der Waals surface area contributed by atoms with Crippen LogP contribution in [0.5, 0.6) is 5.75 Å². The molecule has 0 aromatic heterocycles. The average Bonchev–Trinajstić information content (AvgIpc) is 2.16. The Morgan fingerprint density at radius 3 is 3.00 bits per heavy atom. The Labute approximate surface area is 76.1 Å². The molecule has 4 heteroatoms. The van der Waals surface area contributed by atoms with Gasteiger partial charge in [-0.1, -0.05) is 6.07 Å². The van der Waals surface area contributed by atoms with E-state index in [1.807, 2.05) is 0 Å². The zero-order valence-corrected chi connectivity index (χ0v) is 7.28. The number of hydroxylamine groups is 1. The predicted octanol–water partition coefficient (Wildman–Crippen LogP) is 0.856. The second-order valence-electron chi connectivity index (χ2n) is 2.53. The van der Waals surface area contributed by atoms with Gasteiger partial charge in [0.1, 0.15) is 5.75 Å². The van der Waals surface area contributed by atoms with Crippen molar-refractivity contribution < 1.29 is 14.7 Å². The molecule has 0 atom stereocenters. The highest BCUT2D eigenvalue weighted by atomic mass is 16.6. The van der Waals surface area contributed by atoms with E-state index in [0.717, 1.165) is 5.56 Å². The molecule has 70 valence electrons. The quantitative estimate of drug-likeness (QED) is 0.534. The Hall–Kier alpha value is -1.39. The largest absolute Gasteiger partial charge is 0.508 e. The van der Waals surface area contributed by atoms with E-state index >= 15 is 0 Å². The molecule has 0 aliphatic rings. The second-order valence-corrected chi connectivity index (χ2v) is 2.53. The first-order chi connectivity index (χ1) is 6.27. The fourth-order valence-corrected chi connectivity index (χ4v) is 1.00. The van der Waals surface area contributed by atoms with Crippen molar-refractivity contribution in [2.75, 3.05) is 7.11 Å². The molecule has 0 unspecified atom stereocenters. The zero-order chi connectivity index (χ0) is 9.68. The number of aldehydes is 1. The molecule has 1 aromatic rings. The lowest BCUT2D eigenvalue weighted by Crippen LogP contribution is -2.12. The van der Waals surface area contributed by atoms with Crippen molar-refractivity contribution in [3.63, 3.8) is 0 Å². The van der Waals surface area contributed by atoms with Crippen molar-refractivity contribution in [1.29, 1.82) is 0 Å². The summed E-state index contributed by atoms with van der Waals surface area (Å²) >= 11 is 0. The van der Waals surface area contributed by atoms with E-state index in [2.05, 4.69) is 10.3 Å². The van der Waals surface area contributed by atoms with E-state index in [9.17, 15) is 4.79 Å². The number of phenolic OH excluding ortho intramolecular Hbond substituents is 1. The molecule has 0 bridgehead atoms. The highest BCUT2D eigenvalue weighted by molar-refractivity contribution is 5.78. The summed E-state index contributed by atoms with van der Waals surface area (Å²) in [6.07, 6.45) is 0.701. The van der Waals surface area contributed by atoms with Crippen LogP contribution in [0.4, 0.5) is 0 Å². The topological polar surface area (TPSA) is 58.6 Å². The van der Waals surface area contributed by atoms with Crippen LogP contribution in [0.25, 0.3) is 0 Å². The number of phenols is 1. The lowest BCUT2D eigenvalue weighted by atomic mass is 10.1. The smallest absolute Gasteiger partial charge is 0.150 e. The Balaban J connectivity index is 2.86.